The Balaban J connectivity index is 1.85. The first kappa shape index (κ1) is 19.9. The van der Waals surface area contributed by atoms with Crippen molar-refractivity contribution in [1.29, 1.82) is 0 Å². The molecule has 1 unspecified atom stereocenters. The molecule has 1 aliphatic rings. The minimum Gasteiger partial charge on any atom is -0.480 e. The maximum Gasteiger partial charge on any atom is 0.410 e. The first-order valence-electron chi connectivity index (χ1n) is 9.65. The molecule has 1 atom stereocenters. The number of amides is 1. The molecule has 28 heavy (non-hydrogen) atoms. The molecule has 148 valence electrons. The molecule has 0 fully saturated rings. The lowest BCUT2D eigenvalue weighted by Gasteiger charge is -2.39. The van der Waals surface area contributed by atoms with Gasteiger partial charge in [0.05, 0.1) is 0 Å². The van der Waals surface area contributed by atoms with Crippen LogP contribution in [-0.2, 0) is 9.53 Å². The number of carboxylic acid groups (broad SMARTS) is 1. The van der Waals surface area contributed by atoms with Gasteiger partial charge in [0.25, 0.3) is 0 Å². The van der Waals surface area contributed by atoms with Gasteiger partial charge in [0.2, 0.25) is 0 Å². The number of rotatable bonds is 6. The van der Waals surface area contributed by atoms with Gasteiger partial charge in [0.15, 0.2) is 0 Å². The van der Waals surface area contributed by atoms with Crippen molar-refractivity contribution in [3.8, 4) is 11.1 Å². The molecule has 1 amide bonds. The molecule has 5 heteroatoms. The molecule has 0 spiro atoms. The van der Waals surface area contributed by atoms with Crippen LogP contribution in [0.3, 0.4) is 0 Å². The molecule has 0 aromatic heterocycles. The molecule has 0 radical (unpaired) electrons. The maximum atomic E-state index is 12.9. The van der Waals surface area contributed by atoms with E-state index in [0.717, 1.165) is 22.3 Å². The standard InChI is InChI=1S/C23H27NO4/c1-5-23(3,4)24(15(2)21(25)26)22(27)28-14-20-18-12-8-6-10-16(18)17-11-7-9-13-19(17)20/h6-13,15,20H,5,14H2,1-4H3,(H,25,26). The highest BCUT2D eigenvalue weighted by Gasteiger charge is 2.38. The van der Waals surface area contributed by atoms with Crippen molar-refractivity contribution in [3.63, 3.8) is 0 Å². The number of nitrogens with zero attached hydrogens (tertiary/aromatic N) is 1. The number of ether oxygens (including phenoxy) is 1. The Morgan fingerprint density at radius 2 is 1.57 bits per heavy atom. The van der Waals surface area contributed by atoms with Crippen LogP contribution in [0.4, 0.5) is 4.79 Å². The molecule has 0 saturated heterocycles. The summed E-state index contributed by atoms with van der Waals surface area (Å²) in [6, 6.07) is 15.3. The van der Waals surface area contributed by atoms with Crippen molar-refractivity contribution < 1.29 is 19.4 Å². The number of hydrogen-bond acceptors (Lipinski definition) is 3. The van der Waals surface area contributed by atoms with Crippen LogP contribution in [0.15, 0.2) is 48.5 Å². The minimum atomic E-state index is -1.05. The van der Waals surface area contributed by atoms with E-state index in [0.29, 0.717) is 6.42 Å². The Morgan fingerprint density at radius 3 is 2.04 bits per heavy atom. The van der Waals surface area contributed by atoms with E-state index in [1.54, 1.807) is 0 Å². The van der Waals surface area contributed by atoms with E-state index in [1.165, 1.54) is 11.8 Å². The van der Waals surface area contributed by atoms with Crippen molar-refractivity contribution in [2.24, 2.45) is 0 Å². The van der Waals surface area contributed by atoms with E-state index >= 15 is 0 Å². The van der Waals surface area contributed by atoms with Crippen molar-refractivity contribution in [2.75, 3.05) is 6.61 Å². The van der Waals surface area contributed by atoms with Gasteiger partial charge >= 0.3 is 12.1 Å². The monoisotopic (exact) mass is 381 g/mol. The normalized spacial score (nSPS) is 14.1. The third kappa shape index (κ3) is 3.49. The van der Waals surface area contributed by atoms with Crippen LogP contribution in [0.25, 0.3) is 11.1 Å². The number of fused-ring (bicyclic) bond motifs is 3. The van der Waals surface area contributed by atoms with Gasteiger partial charge in [0, 0.05) is 11.5 Å². The molecule has 0 saturated carbocycles. The number of carboxylic acids is 1. The average molecular weight is 381 g/mol. The van der Waals surface area contributed by atoms with Gasteiger partial charge in [-0.2, -0.15) is 0 Å². The van der Waals surface area contributed by atoms with E-state index in [4.69, 9.17) is 4.74 Å². The van der Waals surface area contributed by atoms with Gasteiger partial charge in [-0.15, -0.1) is 0 Å². The van der Waals surface area contributed by atoms with E-state index in [9.17, 15) is 14.7 Å². The summed E-state index contributed by atoms with van der Waals surface area (Å²) in [6.45, 7) is 7.33. The van der Waals surface area contributed by atoms with Gasteiger partial charge in [-0.1, -0.05) is 55.5 Å². The summed E-state index contributed by atoms with van der Waals surface area (Å²) in [6.07, 6.45) is 0.0260. The SMILES string of the molecule is CCC(C)(C)N(C(=O)OCC1c2ccccc2-c2ccccc21)C(C)C(=O)O. The second kappa shape index (κ2) is 7.66. The molecule has 0 bridgehead atoms. The number of hydrogen-bond donors (Lipinski definition) is 1. The van der Waals surface area contributed by atoms with E-state index in [1.807, 2.05) is 45.0 Å². The Hall–Kier alpha value is -2.82. The topological polar surface area (TPSA) is 66.8 Å². The molecule has 0 heterocycles. The molecule has 0 aliphatic heterocycles. The van der Waals surface area contributed by atoms with Gasteiger partial charge < -0.3 is 9.84 Å². The quantitative estimate of drug-likeness (QED) is 0.773. The molecular weight excluding hydrogens is 354 g/mol. The second-order valence-corrected chi connectivity index (χ2v) is 7.85. The summed E-state index contributed by atoms with van der Waals surface area (Å²) in [4.78, 5) is 25.8. The molecular formula is C23H27NO4. The fourth-order valence-corrected chi connectivity index (χ4v) is 3.87. The fraction of sp³-hybridized carbons (Fsp3) is 0.391. The number of benzene rings is 2. The molecule has 2 aromatic carbocycles. The predicted molar refractivity (Wildman–Crippen MR) is 108 cm³/mol. The summed E-state index contributed by atoms with van der Waals surface area (Å²) in [5.41, 5.74) is 3.95. The molecule has 2 aromatic rings. The van der Waals surface area contributed by atoms with Crippen LogP contribution >= 0.6 is 0 Å². The molecule has 5 nitrogen and oxygen atoms in total. The second-order valence-electron chi connectivity index (χ2n) is 7.85. The van der Waals surface area contributed by atoms with Gasteiger partial charge in [-0.3, -0.25) is 4.90 Å². The summed E-state index contributed by atoms with van der Waals surface area (Å²) < 4.78 is 5.68. The molecule has 1 aliphatic carbocycles. The highest BCUT2D eigenvalue weighted by molar-refractivity contribution is 5.81. The van der Waals surface area contributed by atoms with Crippen LogP contribution in [0.5, 0.6) is 0 Å². The number of carbonyl (C=O) groups excluding carboxylic acids is 1. The zero-order valence-electron chi connectivity index (χ0n) is 16.8. The number of aliphatic carboxylic acids is 1. The zero-order chi connectivity index (χ0) is 20.5. The fourth-order valence-electron chi connectivity index (χ4n) is 3.87. The van der Waals surface area contributed by atoms with Gasteiger partial charge in [-0.05, 0) is 49.4 Å². The van der Waals surface area contributed by atoms with Crippen LogP contribution in [0.1, 0.15) is 51.2 Å². The third-order valence-corrected chi connectivity index (χ3v) is 5.79. The third-order valence-electron chi connectivity index (χ3n) is 5.79. The van der Waals surface area contributed by atoms with Gasteiger partial charge in [0.1, 0.15) is 12.6 Å². The van der Waals surface area contributed by atoms with Gasteiger partial charge in [-0.25, -0.2) is 9.59 Å². The van der Waals surface area contributed by atoms with Crippen LogP contribution in [-0.4, -0.2) is 40.3 Å². The summed E-state index contributed by atoms with van der Waals surface area (Å²) in [5, 5.41) is 9.45. The van der Waals surface area contributed by atoms with Crippen molar-refractivity contribution in [3.05, 3.63) is 59.7 Å². The smallest absolute Gasteiger partial charge is 0.410 e. The van der Waals surface area contributed by atoms with Crippen LogP contribution in [0, 0.1) is 0 Å². The first-order chi connectivity index (χ1) is 13.3. The van der Waals surface area contributed by atoms with Crippen LogP contribution < -0.4 is 0 Å². The molecule has 3 rings (SSSR count). The lowest BCUT2D eigenvalue weighted by molar-refractivity contribution is -0.144. The maximum absolute atomic E-state index is 12.9. The largest absolute Gasteiger partial charge is 0.480 e. The van der Waals surface area contributed by atoms with Crippen molar-refractivity contribution >= 4 is 12.1 Å². The van der Waals surface area contributed by atoms with E-state index in [-0.39, 0.29) is 12.5 Å². The van der Waals surface area contributed by atoms with Crippen LogP contribution in [0.2, 0.25) is 0 Å². The Bertz CT molecular complexity index is 844. The van der Waals surface area contributed by atoms with Crippen molar-refractivity contribution in [1.82, 2.24) is 4.90 Å². The zero-order valence-corrected chi connectivity index (χ0v) is 16.8. The Morgan fingerprint density at radius 1 is 1.07 bits per heavy atom. The Labute approximate surface area is 165 Å². The lowest BCUT2D eigenvalue weighted by atomic mass is 9.97. The van der Waals surface area contributed by atoms with E-state index < -0.39 is 23.6 Å². The first-order valence-corrected chi connectivity index (χ1v) is 9.65. The minimum absolute atomic E-state index is 0.0527. The van der Waals surface area contributed by atoms with E-state index in [2.05, 4.69) is 24.3 Å². The Kier molecular flexibility index (Phi) is 5.45. The summed E-state index contributed by atoms with van der Waals surface area (Å²) >= 11 is 0. The summed E-state index contributed by atoms with van der Waals surface area (Å²) in [5.74, 6) is -1.10. The summed E-state index contributed by atoms with van der Waals surface area (Å²) in [7, 11) is 0. The van der Waals surface area contributed by atoms with Crippen molar-refractivity contribution in [2.45, 2.75) is 51.6 Å². The molecule has 1 N–H and O–H groups in total. The highest BCUT2D eigenvalue weighted by atomic mass is 16.6. The lowest BCUT2D eigenvalue weighted by Crippen LogP contribution is -2.55. The highest BCUT2D eigenvalue weighted by Crippen LogP contribution is 2.44. The predicted octanol–water partition coefficient (Wildman–Crippen LogP) is 4.90. The average Bonchev–Trinajstić information content (AvgIpc) is 3.00. The number of carbonyl (C=O) groups is 2.